The normalized spacial score (nSPS) is 19.7. The van der Waals surface area contributed by atoms with Crippen molar-refractivity contribution in [1.29, 1.82) is 0 Å². The number of hydrogen-bond acceptors (Lipinski definition) is 2. The van der Waals surface area contributed by atoms with Gasteiger partial charge in [0.25, 0.3) is 0 Å². The van der Waals surface area contributed by atoms with Gasteiger partial charge in [-0.25, -0.2) is 0 Å². The van der Waals surface area contributed by atoms with Crippen LogP contribution < -0.4 is 5.73 Å². The summed E-state index contributed by atoms with van der Waals surface area (Å²) in [6, 6.07) is 0.315. The average molecular weight is 170 g/mol. The maximum absolute atomic E-state index is 11.4. The summed E-state index contributed by atoms with van der Waals surface area (Å²) in [4.78, 5) is 13.3. The largest absolute Gasteiger partial charge is 0.343 e. The molecule has 2 N–H and O–H groups in total. The molecule has 0 atom stereocenters. The van der Waals surface area contributed by atoms with Gasteiger partial charge in [0.2, 0.25) is 5.91 Å². The summed E-state index contributed by atoms with van der Waals surface area (Å²) in [5.74, 6) is 0.296. The molecule has 0 aromatic heterocycles. The molecule has 0 saturated carbocycles. The first kappa shape index (κ1) is 9.52. The van der Waals surface area contributed by atoms with Gasteiger partial charge in [0.15, 0.2) is 0 Å². The van der Waals surface area contributed by atoms with Gasteiger partial charge in [-0.2, -0.15) is 0 Å². The number of likely N-dealkylation sites (tertiary alicyclic amines) is 1. The van der Waals surface area contributed by atoms with E-state index in [0.717, 1.165) is 32.4 Å². The van der Waals surface area contributed by atoms with Crippen molar-refractivity contribution >= 4 is 5.91 Å². The lowest BCUT2D eigenvalue weighted by Gasteiger charge is -2.30. The molecule has 1 aliphatic heterocycles. The second kappa shape index (κ2) is 4.45. The van der Waals surface area contributed by atoms with Crippen LogP contribution in [0.5, 0.6) is 0 Å². The molecule has 0 bridgehead atoms. The van der Waals surface area contributed by atoms with Gasteiger partial charge in [0, 0.05) is 25.6 Å². The van der Waals surface area contributed by atoms with Crippen molar-refractivity contribution in [2.24, 2.45) is 5.73 Å². The second-order valence-electron chi connectivity index (χ2n) is 3.47. The highest BCUT2D eigenvalue weighted by atomic mass is 16.2. The minimum Gasteiger partial charge on any atom is -0.343 e. The molecule has 0 unspecified atom stereocenters. The monoisotopic (exact) mass is 170 g/mol. The van der Waals surface area contributed by atoms with E-state index in [-0.39, 0.29) is 0 Å². The fraction of sp³-hybridized carbons (Fsp3) is 0.889. The van der Waals surface area contributed by atoms with Crippen molar-refractivity contribution in [2.75, 3.05) is 13.1 Å². The number of piperidine rings is 1. The quantitative estimate of drug-likeness (QED) is 0.664. The lowest BCUT2D eigenvalue weighted by Crippen LogP contribution is -2.42. The summed E-state index contributed by atoms with van der Waals surface area (Å²) >= 11 is 0. The molecular formula is C9H18N2O. The highest BCUT2D eigenvalue weighted by Crippen LogP contribution is 2.09. The van der Waals surface area contributed by atoms with Gasteiger partial charge in [0.05, 0.1) is 0 Å². The molecule has 0 aromatic rings. The van der Waals surface area contributed by atoms with Gasteiger partial charge in [-0.1, -0.05) is 6.92 Å². The van der Waals surface area contributed by atoms with Crippen molar-refractivity contribution < 1.29 is 4.79 Å². The van der Waals surface area contributed by atoms with E-state index in [9.17, 15) is 4.79 Å². The molecule has 0 aromatic carbocycles. The number of nitrogens with zero attached hydrogens (tertiary/aromatic N) is 1. The van der Waals surface area contributed by atoms with Crippen LogP contribution in [0.1, 0.15) is 32.6 Å². The first-order valence-corrected chi connectivity index (χ1v) is 4.77. The zero-order valence-corrected chi connectivity index (χ0v) is 7.75. The van der Waals surface area contributed by atoms with E-state index in [0.29, 0.717) is 18.4 Å². The molecule has 3 heteroatoms. The van der Waals surface area contributed by atoms with Crippen LogP contribution in [0.15, 0.2) is 0 Å². The molecule has 1 aliphatic rings. The Balaban J connectivity index is 2.29. The molecule has 3 nitrogen and oxygen atoms in total. The van der Waals surface area contributed by atoms with E-state index >= 15 is 0 Å². The van der Waals surface area contributed by atoms with Gasteiger partial charge in [-0.3, -0.25) is 4.79 Å². The van der Waals surface area contributed by atoms with E-state index in [1.165, 1.54) is 0 Å². The lowest BCUT2D eigenvalue weighted by molar-refractivity contribution is -0.132. The predicted molar refractivity (Wildman–Crippen MR) is 48.7 cm³/mol. The fourth-order valence-corrected chi connectivity index (χ4v) is 1.52. The molecule has 1 saturated heterocycles. The van der Waals surface area contributed by atoms with Gasteiger partial charge in [-0.15, -0.1) is 0 Å². The number of nitrogens with two attached hydrogens (primary N) is 1. The third-order valence-corrected chi connectivity index (χ3v) is 2.36. The van der Waals surface area contributed by atoms with E-state index in [1.54, 1.807) is 0 Å². The van der Waals surface area contributed by atoms with Crippen molar-refractivity contribution in [3.05, 3.63) is 0 Å². The molecular weight excluding hydrogens is 152 g/mol. The molecule has 1 fully saturated rings. The van der Waals surface area contributed by atoms with Gasteiger partial charge in [0.1, 0.15) is 0 Å². The lowest BCUT2D eigenvalue weighted by atomic mass is 10.1. The molecule has 0 spiro atoms. The van der Waals surface area contributed by atoms with E-state index in [4.69, 9.17) is 5.73 Å². The van der Waals surface area contributed by atoms with E-state index < -0.39 is 0 Å². The molecule has 0 aliphatic carbocycles. The number of rotatable bonds is 2. The third-order valence-electron chi connectivity index (χ3n) is 2.36. The molecule has 1 heterocycles. The van der Waals surface area contributed by atoms with E-state index in [1.807, 2.05) is 11.8 Å². The van der Waals surface area contributed by atoms with Crippen molar-refractivity contribution in [1.82, 2.24) is 4.90 Å². The smallest absolute Gasteiger partial charge is 0.222 e. The summed E-state index contributed by atoms with van der Waals surface area (Å²) in [5, 5.41) is 0. The van der Waals surface area contributed by atoms with Crippen molar-refractivity contribution in [2.45, 2.75) is 38.6 Å². The standard InChI is InChI=1S/C9H18N2O/c1-2-3-9(12)11-6-4-8(10)5-7-11/h8H,2-7,10H2,1H3. The van der Waals surface area contributed by atoms with Crippen LogP contribution >= 0.6 is 0 Å². The van der Waals surface area contributed by atoms with Crippen LogP contribution in [0.2, 0.25) is 0 Å². The first-order valence-electron chi connectivity index (χ1n) is 4.77. The average Bonchev–Trinajstić information content (AvgIpc) is 2.06. The highest BCUT2D eigenvalue weighted by Gasteiger charge is 2.19. The Labute approximate surface area is 73.9 Å². The van der Waals surface area contributed by atoms with Crippen LogP contribution in [0.4, 0.5) is 0 Å². The number of amides is 1. The molecule has 70 valence electrons. The van der Waals surface area contributed by atoms with Gasteiger partial charge in [-0.05, 0) is 19.3 Å². The third kappa shape index (κ3) is 2.48. The molecule has 1 amide bonds. The van der Waals surface area contributed by atoms with Crippen LogP contribution in [0.25, 0.3) is 0 Å². The Morgan fingerprint density at radius 1 is 1.50 bits per heavy atom. The van der Waals surface area contributed by atoms with Gasteiger partial charge < -0.3 is 10.6 Å². The summed E-state index contributed by atoms with van der Waals surface area (Å²) < 4.78 is 0. The minimum atomic E-state index is 0.296. The summed E-state index contributed by atoms with van der Waals surface area (Å²) in [7, 11) is 0. The van der Waals surface area contributed by atoms with Crippen molar-refractivity contribution in [3.63, 3.8) is 0 Å². The van der Waals surface area contributed by atoms with Crippen LogP contribution in [0, 0.1) is 0 Å². The maximum atomic E-state index is 11.4. The zero-order valence-electron chi connectivity index (χ0n) is 7.75. The topological polar surface area (TPSA) is 46.3 Å². The Morgan fingerprint density at radius 2 is 2.08 bits per heavy atom. The van der Waals surface area contributed by atoms with Crippen molar-refractivity contribution in [3.8, 4) is 0 Å². The SMILES string of the molecule is CCCC(=O)N1CCC(N)CC1. The van der Waals surface area contributed by atoms with Crippen LogP contribution in [-0.4, -0.2) is 29.9 Å². The summed E-state index contributed by atoms with van der Waals surface area (Å²) in [6.45, 7) is 3.76. The first-order chi connectivity index (χ1) is 5.74. The van der Waals surface area contributed by atoms with Crippen LogP contribution in [-0.2, 0) is 4.79 Å². The Hall–Kier alpha value is -0.570. The minimum absolute atomic E-state index is 0.296. The maximum Gasteiger partial charge on any atom is 0.222 e. The van der Waals surface area contributed by atoms with Gasteiger partial charge >= 0.3 is 0 Å². The summed E-state index contributed by atoms with van der Waals surface area (Å²) in [5.41, 5.74) is 5.73. The molecule has 1 rings (SSSR count). The zero-order chi connectivity index (χ0) is 8.97. The number of carbonyl (C=O) groups excluding carboxylic acids is 1. The highest BCUT2D eigenvalue weighted by molar-refractivity contribution is 5.76. The van der Waals surface area contributed by atoms with E-state index in [2.05, 4.69) is 0 Å². The van der Waals surface area contributed by atoms with Crippen LogP contribution in [0.3, 0.4) is 0 Å². The number of carbonyl (C=O) groups is 1. The number of hydrogen-bond donors (Lipinski definition) is 1. The summed E-state index contributed by atoms with van der Waals surface area (Å²) in [6.07, 6.45) is 3.57. The molecule has 12 heavy (non-hydrogen) atoms. The Bertz CT molecular complexity index is 151. The Morgan fingerprint density at radius 3 is 2.58 bits per heavy atom. The Kier molecular flexibility index (Phi) is 3.53. The molecule has 0 radical (unpaired) electrons. The fourth-order valence-electron chi connectivity index (χ4n) is 1.52. The predicted octanol–water partition coefficient (Wildman–Crippen LogP) is 0.736. The second-order valence-corrected chi connectivity index (χ2v) is 3.47.